The molecule has 0 spiro atoms. The van der Waals surface area contributed by atoms with Gasteiger partial charge in [-0.15, -0.1) is 0 Å². The van der Waals surface area contributed by atoms with Crippen molar-refractivity contribution in [2.45, 2.75) is 46.0 Å². The first-order valence-electron chi connectivity index (χ1n) is 7.05. The lowest BCUT2D eigenvalue weighted by atomic mass is 10.0. The third kappa shape index (κ3) is 6.80. The Morgan fingerprint density at radius 3 is 2.47 bits per heavy atom. The highest BCUT2D eigenvalue weighted by Crippen LogP contribution is 2.15. The van der Waals surface area contributed by atoms with Gasteiger partial charge in [-0.3, -0.25) is 0 Å². The molecule has 0 radical (unpaired) electrons. The number of ether oxygens (including phenoxy) is 1. The number of hydrogen-bond donors (Lipinski definition) is 0. The Balaban J connectivity index is 2.28. The molecule has 0 aliphatic rings. The molecule has 0 aliphatic carbocycles. The summed E-state index contributed by atoms with van der Waals surface area (Å²) in [6.07, 6.45) is 7.39. The molecule has 1 aromatic rings. The number of rotatable bonds is 8. The third-order valence-corrected chi connectivity index (χ3v) is 3.06. The van der Waals surface area contributed by atoms with Crippen molar-refractivity contribution in [3.05, 3.63) is 42.5 Å². The fourth-order valence-electron chi connectivity index (χ4n) is 1.94. The minimum atomic E-state index is -0.415. The molecule has 0 aromatic heterocycles. The van der Waals surface area contributed by atoms with Crippen LogP contribution in [-0.4, -0.2) is 5.97 Å². The van der Waals surface area contributed by atoms with Gasteiger partial charge < -0.3 is 4.74 Å². The number of benzene rings is 1. The molecule has 0 amide bonds. The molecule has 1 aromatic carbocycles. The Labute approximate surface area is 116 Å². The van der Waals surface area contributed by atoms with E-state index in [0.717, 1.165) is 12.3 Å². The number of aryl methyl sites for hydroxylation is 1. The van der Waals surface area contributed by atoms with Crippen molar-refractivity contribution in [2.75, 3.05) is 0 Å². The summed E-state index contributed by atoms with van der Waals surface area (Å²) in [6, 6.07) is 7.72. The van der Waals surface area contributed by atoms with Gasteiger partial charge in [-0.1, -0.05) is 51.8 Å². The summed E-state index contributed by atoms with van der Waals surface area (Å²) in [5, 5.41) is 0. The van der Waals surface area contributed by atoms with Crippen LogP contribution in [0.2, 0.25) is 0 Å². The van der Waals surface area contributed by atoms with Crippen LogP contribution in [0.5, 0.6) is 5.75 Å². The molecule has 0 atom stereocenters. The quantitative estimate of drug-likeness (QED) is 0.297. The predicted molar refractivity (Wildman–Crippen MR) is 79.3 cm³/mol. The monoisotopic (exact) mass is 260 g/mol. The van der Waals surface area contributed by atoms with Crippen molar-refractivity contribution in [1.29, 1.82) is 0 Å². The molecule has 0 saturated heterocycles. The van der Waals surface area contributed by atoms with E-state index in [1.807, 2.05) is 24.3 Å². The summed E-state index contributed by atoms with van der Waals surface area (Å²) in [5.74, 6) is 0.966. The minimum absolute atomic E-state index is 0.415. The van der Waals surface area contributed by atoms with Gasteiger partial charge in [0.15, 0.2) is 0 Å². The Morgan fingerprint density at radius 2 is 1.89 bits per heavy atom. The van der Waals surface area contributed by atoms with Crippen molar-refractivity contribution >= 4 is 5.97 Å². The second-order valence-electron chi connectivity index (χ2n) is 5.26. The lowest BCUT2D eigenvalue weighted by Crippen LogP contribution is -2.02. The van der Waals surface area contributed by atoms with Crippen LogP contribution < -0.4 is 4.74 Å². The lowest BCUT2D eigenvalue weighted by Gasteiger charge is -2.05. The predicted octanol–water partition coefficient (Wildman–Crippen LogP) is 4.54. The van der Waals surface area contributed by atoms with Crippen molar-refractivity contribution in [3.8, 4) is 5.75 Å². The summed E-state index contributed by atoms with van der Waals surface area (Å²) in [4.78, 5) is 11.0. The second-order valence-corrected chi connectivity index (χ2v) is 5.26. The van der Waals surface area contributed by atoms with Crippen molar-refractivity contribution in [1.82, 2.24) is 0 Å². The number of carbonyl (C=O) groups excluding carboxylic acids is 1. The fraction of sp³-hybridized carbons (Fsp3) is 0.471. The van der Waals surface area contributed by atoms with Crippen molar-refractivity contribution in [3.63, 3.8) is 0 Å². The Morgan fingerprint density at radius 1 is 1.21 bits per heavy atom. The second kappa shape index (κ2) is 8.52. The SMILES string of the molecule is C=CC(=O)Oc1ccc(CCCCCC(C)C)cc1. The van der Waals surface area contributed by atoms with Crippen LogP contribution in [0.4, 0.5) is 0 Å². The van der Waals surface area contributed by atoms with Gasteiger partial charge >= 0.3 is 5.97 Å². The molecule has 2 nitrogen and oxygen atoms in total. The van der Waals surface area contributed by atoms with Crippen LogP contribution in [-0.2, 0) is 11.2 Å². The van der Waals surface area contributed by atoms with Crippen molar-refractivity contribution < 1.29 is 9.53 Å². The zero-order chi connectivity index (χ0) is 14.1. The van der Waals surface area contributed by atoms with Crippen LogP contribution >= 0.6 is 0 Å². The zero-order valence-electron chi connectivity index (χ0n) is 12.0. The first-order valence-corrected chi connectivity index (χ1v) is 7.05. The molecule has 0 heterocycles. The van der Waals surface area contributed by atoms with Gasteiger partial charge in [-0.2, -0.15) is 0 Å². The molecule has 0 N–H and O–H groups in total. The van der Waals surface area contributed by atoms with Gasteiger partial charge in [-0.25, -0.2) is 4.79 Å². The van der Waals surface area contributed by atoms with E-state index in [4.69, 9.17) is 4.74 Å². The van der Waals surface area contributed by atoms with Gasteiger partial charge in [0.25, 0.3) is 0 Å². The highest BCUT2D eigenvalue weighted by molar-refractivity contribution is 5.83. The van der Waals surface area contributed by atoms with Crippen LogP contribution in [0.15, 0.2) is 36.9 Å². The van der Waals surface area contributed by atoms with Crippen LogP contribution in [0.25, 0.3) is 0 Å². The topological polar surface area (TPSA) is 26.3 Å². The minimum Gasteiger partial charge on any atom is -0.423 e. The van der Waals surface area contributed by atoms with E-state index in [9.17, 15) is 4.79 Å². The van der Waals surface area contributed by atoms with E-state index in [0.29, 0.717) is 5.75 Å². The summed E-state index contributed by atoms with van der Waals surface area (Å²) < 4.78 is 5.03. The number of carbonyl (C=O) groups is 1. The molecule has 0 bridgehead atoms. The highest BCUT2D eigenvalue weighted by Gasteiger charge is 2.00. The molecule has 19 heavy (non-hydrogen) atoms. The molecule has 2 heteroatoms. The first kappa shape index (κ1) is 15.5. The van der Waals surface area contributed by atoms with E-state index in [2.05, 4.69) is 20.4 Å². The molecule has 0 unspecified atom stereocenters. The summed E-state index contributed by atoms with van der Waals surface area (Å²) in [6.45, 7) is 7.90. The molecule has 0 saturated carbocycles. The van der Waals surface area contributed by atoms with Crippen LogP contribution in [0.3, 0.4) is 0 Å². The van der Waals surface area contributed by atoms with E-state index in [1.165, 1.54) is 37.3 Å². The molecular weight excluding hydrogens is 236 g/mol. The molecule has 1 rings (SSSR count). The number of esters is 1. The van der Waals surface area contributed by atoms with Gasteiger partial charge in [0.05, 0.1) is 0 Å². The average molecular weight is 260 g/mol. The van der Waals surface area contributed by atoms with Gasteiger partial charge in [-0.05, 0) is 36.5 Å². The molecule has 104 valence electrons. The fourth-order valence-corrected chi connectivity index (χ4v) is 1.94. The maximum absolute atomic E-state index is 11.0. The number of unbranched alkanes of at least 4 members (excludes halogenated alkanes) is 2. The summed E-state index contributed by atoms with van der Waals surface area (Å²) in [7, 11) is 0. The standard InChI is InChI=1S/C17H24O2/c1-4-17(18)19-16-12-10-15(11-13-16)9-7-5-6-8-14(2)3/h4,10-14H,1,5-9H2,2-3H3. The maximum atomic E-state index is 11.0. The molecular formula is C17H24O2. The van der Waals surface area contributed by atoms with Gasteiger partial charge in [0.1, 0.15) is 5.75 Å². The van der Waals surface area contributed by atoms with Gasteiger partial charge in [0, 0.05) is 6.08 Å². The van der Waals surface area contributed by atoms with E-state index < -0.39 is 5.97 Å². The van der Waals surface area contributed by atoms with E-state index in [1.54, 1.807) is 0 Å². The molecule has 0 aliphatic heterocycles. The van der Waals surface area contributed by atoms with E-state index in [-0.39, 0.29) is 0 Å². The van der Waals surface area contributed by atoms with E-state index >= 15 is 0 Å². The largest absolute Gasteiger partial charge is 0.423 e. The zero-order valence-corrected chi connectivity index (χ0v) is 12.0. The van der Waals surface area contributed by atoms with Crippen LogP contribution in [0, 0.1) is 5.92 Å². The maximum Gasteiger partial charge on any atom is 0.335 e. The summed E-state index contributed by atoms with van der Waals surface area (Å²) in [5.41, 5.74) is 1.29. The third-order valence-electron chi connectivity index (χ3n) is 3.06. The summed E-state index contributed by atoms with van der Waals surface area (Å²) >= 11 is 0. The molecule has 0 fully saturated rings. The van der Waals surface area contributed by atoms with Crippen LogP contribution in [0.1, 0.15) is 45.1 Å². The Bertz CT molecular complexity index is 390. The highest BCUT2D eigenvalue weighted by atomic mass is 16.5. The normalized spacial score (nSPS) is 10.5. The first-order chi connectivity index (χ1) is 9.11. The smallest absolute Gasteiger partial charge is 0.335 e. The van der Waals surface area contributed by atoms with Crippen molar-refractivity contribution in [2.24, 2.45) is 5.92 Å². The Hall–Kier alpha value is -1.57. The Kier molecular flexibility index (Phi) is 6.94. The average Bonchev–Trinajstić information content (AvgIpc) is 2.39. The van der Waals surface area contributed by atoms with Gasteiger partial charge in [0.2, 0.25) is 0 Å². The lowest BCUT2D eigenvalue weighted by molar-refractivity contribution is -0.128. The number of hydrogen-bond acceptors (Lipinski definition) is 2.